The molecule has 27 heavy (non-hydrogen) atoms. The number of aromatic nitrogens is 2. The highest BCUT2D eigenvalue weighted by Gasteiger charge is 2.11. The van der Waals surface area contributed by atoms with E-state index in [0.29, 0.717) is 6.61 Å². The molecule has 1 aromatic heterocycles. The van der Waals surface area contributed by atoms with Crippen molar-refractivity contribution in [3.05, 3.63) is 95.8 Å². The lowest BCUT2D eigenvalue weighted by molar-refractivity contribution is 0.288. The smallest absolute Gasteiger partial charge is 0.147 e. The number of benzene rings is 3. The third kappa shape index (κ3) is 4.03. The molecule has 0 fully saturated rings. The van der Waals surface area contributed by atoms with Gasteiger partial charge in [-0.15, -0.1) is 0 Å². The molecular formula is C24H24N2O. The van der Waals surface area contributed by atoms with Gasteiger partial charge in [0.1, 0.15) is 18.2 Å². The number of hydrogen-bond acceptors (Lipinski definition) is 2. The summed E-state index contributed by atoms with van der Waals surface area (Å²) >= 11 is 0. The summed E-state index contributed by atoms with van der Waals surface area (Å²) in [5.41, 5.74) is 4.72. The second-order valence-electron chi connectivity index (χ2n) is 6.81. The Morgan fingerprint density at radius 2 is 1.59 bits per heavy atom. The molecular weight excluding hydrogens is 332 g/mol. The minimum Gasteiger partial charge on any atom is -0.485 e. The largest absolute Gasteiger partial charge is 0.485 e. The van der Waals surface area contributed by atoms with Crippen LogP contribution < -0.4 is 4.74 Å². The van der Waals surface area contributed by atoms with Gasteiger partial charge < -0.3 is 9.30 Å². The van der Waals surface area contributed by atoms with Crippen molar-refractivity contribution in [1.29, 1.82) is 0 Å². The van der Waals surface area contributed by atoms with Crippen molar-refractivity contribution in [2.45, 2.75) is 32.9 Å². The predicted molar refractivity (Wildman–Crippen MR) is 110 cm³/mol. The first kappa shape index (κ1) is 17.3. The van der Waals surface area contributed by atoms with Crippen molar-refractivity contribution < 1.29 is 4.74 Å². The molecule has 0 N–H and O–H groups in total. The van der Waals surface area contributed by atoms with Gasteiger partial charge in [0.05, 0.1) is 11.0 Å². The minimum absolute atomic E-state index is 0.477. The van der Waals surface area contributed by atoms with Crippen LogP contribution >= 0.6 is 0 Å². The van der Waals surface area contributed by atoms with E-state index in [-0.39, 0.29) is 0 Å². The first-order chi connectivity index (χ1) is 13.3. The van der Waals surface area contributed by atoms with Gasteiger partial charge in [0.2, 0.25) is 0 Å². The predicted octanol–water partition coefficient (Wildman–Crippen LogP) is 5.56. The molecule has 0 aliphatic rings. The van der Waals surface area contributed by atoms with Crippen LogP contribution in [-0.4, -0.2) is 9.55 Å². The second-order valence-corrected chi connectivity index (χ2v) is 6.81. The number of imidazole rings is 1. The van der Waals surface area contributed by atoms with Crippen molar-refractivity contribution in [2.75, 3.05) is 0 Å². The third-order valence-corrected chi connectivity index (χ3v) is 4.87. The van der Waals surface area contributed by atoms with E-state index in [2.05, 4.69) is 66.1 Å². The fourth-order valence-corrected chi connectivity index (χ4v) is 3.43. The number of aryl methyl sites for hydroxylation is 3. The van der Waals surface area contributed by atoms with Crippen LogP contribution in [0, 0.1) is 6.92 Å². The standard InChI is InChI=1S/C24H24N2O/c1-19-10-5-8-16-23(19)27-18-24-25-21-14-6-7-15-22(21)26(24)17-9-13-20-11-3-2-4-12-20/h2-8,10-12,14-16H,9,13,17-18H2,1H3. The number of para-hydroxylation sites is 3. The van der Waals surface area contributed by atoms with Crippen LogP contribution in [0.2, 0.25) is 0 Å². The summed E-state index contributed by atoms with van der Waals surface area (Å²) in [5, 5.41) is 0. The first-order valence-electron chi connectivity index (χ1n) is 9.48. The summed E-state index contributed by atoms with van der Waals surface area (Å²) in [5.74, 6) is 1.90. The zero-order valence-electron chi connectivity index (χ0n) is 15.6. The van der Waals surface area contributed by atoms with E-state index >= 15 is 0 Å². The van der Waals surface area contributed by atoms with E-state index in [0.717, 1.165) is 42.0 Å². The maximum atomic E-state index is 6.07. The van der Waals surface area contributed by atoms with Crippen molar-refractivity contribution in [2.24, 2.45) is 0 Å². The molecule has 0 radical (unpaired) electrons. The van der Waals surface area contributed by atoms with Crippen molar-refractivity contribution in [3.63, 3.8) is 0 Å². The highest BCUT2D eigenvalue weighted by Crippen LogP contribution is 2.21. The second kappa shape index (κ2) is 8.09. The van der Waals surface area contributed by atoms with Gasteiger partial charge in [-0.3, -0.25) is 0 Å². The Bertz CT molecular complexity index is 1020. The molecule has 0 unspecified atom stereocenters. The average molecular weight is 356 g/mol. The average Bonchev–Trinajstić information content (AvgIpc) is 3.06. The summed E-state index contributed by atoms with van der Waals surface area (Å²) in [6.07, 6.45) is 2.13. The maximum absolute atomic E-state index is 6.07. The fraction of sp³-hybridized carbons (Fsp3) is 0.208. The summed E-state index contributed by atoms with van der Waals surface area (Å²) in [7, 11) is 0. The number of nitrogens with zero attached hydrogens (tertiary/aromatic N) is 2. The van der Waals surface area contributed by atoms with Crippen LogP contribution in [-0.2, 0) is 19.6 Å². The molecule has 0 aliphatic carbocycles. The highest BCUT2D eigenvalue weighted by atomic mass is 16.5. The lowest BCUT2D eigenvalue weighted by Gasteiger charge is -2.12. The van der Waals surface area contributed by atoms with Crippen LogP contribution in [0.25, 0.3) is 11.0 Å². The number of ether oxygens (including phenoxy) is 1. The molecule has 3 nitrogen and oxygen atoms in total. The van der Waals surface area contributed by atoms with E-state index in [9.17, 15) is 0 Å². The van der Waals surface area contributed by atoms with Gasteiger partial charge in [-0.2, -0.15) is 0 Å². The van der Waals surface area contributed by atoms with Crippen molar-refractivity contribution in [3.8, 4) is 5.75 Å². The molecule has 4 rings (SSSR count). The monoisotopic (exact) mass is 356 g/mol. The van der Waals surface area contributed by atoms with E-state index in [1.165, 1.54) is 11.1 Å². The van der Waals surface area contributed by atoms with E-state index < -0.39 is 0 Å². The van der Waals surface area contributed by atoms with E-state index in [1.807, 2.05) is 24.3 Å². The van der Waals surface area contributed by atoms with Gasteiger partial charge >= 0.3 is 0 Å². The number of rotatable bonds is 7. The molecule has 1 heterocycles. The van der Waals surface area contributed by atoms with Crippen LogP contribution in [0.4, 0.5) is 0 Å². The Kier molecular flexibility index (Phi) is 5.20. The normalized spacial score (nSPS) is 11.0. The van der Waals surface area contributed by atoms with Crippen LogP contribution in [0.5, 0.6) is 5.75 Å². The fourth-order valence-electron chi connectivity index (χ4n) is 3.43. The molecule has 0 amide bonds. The molecule has 0 spiro atoms. The van der Waals surface area contributed by atoms with Crippen molar-refractivity contribution >= 4 is 11.0 Å². The lowest BCUT2D eigenvalue weighted by Crippen LogP contribution is -2.08. The molecule has 0 bridgehead atoms. The molecule has 0 atom stereocenters. The molecule has 0 saturated carbocycles. The minimum atomic E-state index is 0.477. The quantitative estimate of drug-likeness (QED) is 0.434. The zero-order chi connectivity index (χ0) is 18.5. The maximum Gasteiger partial charge on any atom is 0.147 e. The van der Waals surface area contributed by atoms with Crippen LogP contribution in [0.15, 0.2) is 78.9 Å². The van der Waals surface area contributed by atoms with Crippen LogP contribution in [0.3, 0.4) is 0 Å². The summed E-state index contributed by atoms with van der Waals surface area (Å²) in [6, 6.07) is 27.1. The lowest BCUT2D eigenvalue weighted by atomic mass is 10.1. The van der Waals surface area contributed by atoms with Gasteiger partial charge in [-0.1, -0.05) is 60.7 Å². The van der Waals surface area contributed by atoms with Gasteiger partial charge in [0, 0.05) is 6.54 Å². The van der Waals surface area contributed by atoms with Crippen LogP contribution in [0.1, 0.15) is 23.4 Å². The molecule has 4 aromatic rings. The number of hydrogen-bond donors (Lipinski definition) is 0. The summed E-state index contributed by atoms with van der Waals surface area (Å²) in [6.45, 7) is 3.48. The van der Waals surface area contributed by atoms with E-state index in [4.69, 9.17) is 9.72 Å². The first-order valence-corrected chi connectivity index (χ1v) is 9.48. The Morgan fingerprint density at radius 1 is 0.852 bits per heavy atom. The Morgan fingerprint density at radius 3 is 2.44 bits per heavy atom. The molecule has 3 aromatic carbocycles. The topological polar surface area (TPSA) is 27.1 Å². The highest BCUT2D eigenvalue weighted by molar-refractivity contribution is 5.75. The van der Waals surface area contributed by atoms with Crippen molar-refractivity contribution in [1.82, 2.24) is 9.55 Å². The van der Waals surface area contributed by atoms with Gasteiger partial charge in [-0.25, -0.2) is 4.98 Å². The molecule has 0 aliphatic heterocycles. The van der Waals surface area contributed by atoms with Gasteiger partial charge in [0.15, 0.2) is 0 Å². The third-order valence-electron chi connectivity index (χ3n) is 4.87. The Labute approximate surface area is 160 Å². The van der Waals surface area contributed by atoms with Gasteiger partial charge in [-0.05, 0) is 49.1 Å². The molecule has 3 heteroatoms. The SMILES string of the molecule is Cc1ccccc1OCc1nc2ccccc2n1CCCc1ccccc1. The molecule has 0 saturated heterocycles. The zero-order valence-corrected chi connectivity index (χ0v) is 15.6. The number of fused-ring (bicyclic) bond motifs is 1. The summed E-state index contributed by atoms with van der Waals surface area (Å²) in [4.78, 5) is 4.82. The van der Waals surface area contributed by atoms with E-state index in [1.54, 1.807) is 0 Å². The summed E-state index contributed by atoms with van der Waals surface area (Å²) < 4.78 is 8.38. The van der Waals surface area contributed by atoms with Gasteiger partial charge in [0.25, 0.3) is 0 Å². The Hall–Kier alpha value is -3.07. The molecule has 136 valence electrons. The Balaban J connectivity index is 1.53.